The second kappa shape index (κ2) is 6.98. The van der Waals surface area contributed by atoms with Gasteiger partial charge in [-0.1, -0.05) is 29.3 Å². The van der Waals surface area contributed by atoms with E-state index in [0.29, 0.717) is 26.0 Å². The fraction of sp³-hybridized carbons (Fsp3) is 0. The molecule has 0 atom stereocenters. The second-order valence-electron chi connectivity index (χ2n) is 4.04. The summed E-state index contributed by atoms with van der Waals surface area (Å²) in [6.07, 6.45) is 2.57. The second-order valence-corrected chi connectivity index (χ2v) is 5.71. The lowest BCUT2D eigenvalue weighted by Crippen LogP contribution is -1.88. The van der Waals surface area contributed by atoms with E-state index in [1.165, 1.54) is 6.08 Å². The molecule has 2 rings (SSSR count). The molecule has 0 saturated carbocycles. The Kier molecular flexibility index (Phi) is 5.28. The van der Waals surface area contributed by atoms with Crippen LogP contribution in [0.25, 0.3) is 6.08 Å². The molecule has 0 heterocycles. The van der Waals surface area contributed by atoms with E-state index < -0.39 is 5.97 Å². The van der Waals surface area contributed by atoms with Gasteiger partial charge in [0.2, 0.25) is 0 Å². The maximum Gasteiger partial charge on any atom is 0.328 e. The van der Waals surface area contributed by atoms with Crippen molar-refractivity contribution in [2.24, 2.45) is 0 Å². The zero-order chi connectivity index (χ0) is 15.4. The molecule has 0 bridgehead atoms. The van der Waals surface area contributed by atoms with Gasteiger partial charge in [0.1, 0.15) is 11.5 Å². The topological polar surface area (TPSA) is 46.5 Å². The highest BCUT2D eigenvalue weighted by molar-refractivity contribution is 9.10. The van der Waals surface area contributed by atoms with E-state index in [2.05, 4.69) is 15.9 Å². The van der Waals surface area contributed by atoms with E-state index in [0.717, 1.165) is 11.6 Å². The Morgan fingerprint density at radius 1 is 1.14 bits per heavy atom. The number of hydrogen-bond acceptors (Lipinski definition) is 2. The monoisotopic (exact) mass is 386 g/mol. The Hall–Kier alpha value is -1.49. The Morgan fingerprint density at radius 3 is 2.52 bits per heavy atom. The summed E-state index contributed by atoms with van der Waals surface area (Å²) in [5.74, 6) is 0.141. The van der Waals surface area contributed by atoms with Crippen molar-refractivity contribution in [3.05, 3.63) is 62.6 Å². The van der Waals surface area contributed by atoms with Gasteiger partial charge in [0.05, 0.1) is 14.5 Å². The number of hydrogen-bond donors (Lipinski definition) is 1. The van der Waals surface area contributed by atoms with Crippen molar-refractivity contribution in [2.45, 2.75) is 0 Å². The molecular formula is C15H9BrCl2O3. The number of carboxylic acid groups (broad SMARTS) is 1. The summed E-state index contributed by atoms with van der Waals surface area (Å²) in [6, 6.07) is 10.2. The number of carbonyl (C=O) groups is 1. The van der Waals surface area contributed by atoms with Crippen LogP contribution in [0, 0.1) is 0 Å². The molecule has 3 nitrogen and oxygen atoms in total. The van der Waals surface area contributed by atoms with Crippen LogP contribution in [0.15, 0.2) is 46.9 Å². The predicted molar refractivity (Wildman–Crippen MR) is 87.3 cm³/mol. The van der Waals surface area contributed by atoms with E-state index in [1.807, 2.05) is 0 Å². The molecule has 108 valence electrons. The molecule has 0 aromatic heterocycles. The quantitative estimate of drug-likeness (QED) is 0.690. The van der Waals surface area contributed by atoms with Crippen molar-refractivity contribution < 1.29 is 14.6 Å². The van der Waals surface area contributed by atoms with Crippen LogP contribution in [-0.4, -0.2) is 11.1 Å². The Balaban J connectivity index is 2.21. The average molecular weight is 388 g/mol. The standard InChI is InChI=1S/C15H9BrCl2O3/c16-11-7-9(2-6-15(19)20)1-5-14(11)21-10-3-4-12(17)13(18)8-10/h1-8H,(H,19,20)/b6-2+. The summed E-state index contributed by atoms with van der Waals surface area (Å²) in [5.41, 5.74) is 0.741. The molecule has 0 aliphatic carbocycles. The molecule has 6 heteroatoms. The summed E-state index contributed by atoms with van der Waals surface area (Å²) in [5, 5.41) is 9.46. The molecule has 0 unspecified atom stereocenters. The lowest BCUT2D eigenvalue weighted by atomic mass is 10.2. The molecule has 21 heavy (non-hydrogen) atoms. The SMILES string of the molecule is O=C(O)/C=C/c1ccc(Oc2ccc(Cl)c(Cl)c2)c(Br)c1. The highest BCUT2D eigenvalue weighted by Crippen LogP contribution is 2.33. The van der Waals surface area contributed by atoms with Crippen molar-refractivity contribution in [1.82, 2.24) is 0 Å². The van der Waals surface area contributed by atoms with Crippen LogP contribution in [0.2, 0.25) is 10.0 Å². The van der Waals surface area contributed by atoms with Gasteiger partial charge in [-0.05, 0) is 51.8 Å². The lowest BCUT2D eigenvalue weighted by Gasteiger charge is -2.09. The van der Waals surface area contributed by atoms with Gasteiger partial charge in [-0.2, -0.15) is 0 Å². The van der Waals surface area contributed by atoms with Gasteiger partial charge in [-0.25, -0.2) is 4.79 Å². The molecule has 0 spiro atoms. The van der Waals surface area contributed by atoms with E-state index in [4.69, 9.17) is 33.0 Å². The van der Waals surface area contributed by atoms with Crippen molar-refractivity contribution in [2.75, 3.05) is 0 Å². The highest BCUT2D eigenvalue weighted by Gasteiger charge is 2.05. The van der Waals surface area contributed by atoms with Crippen LogP contribution in [-0.2, 0) is 4.79 Å². The third-order valence-corrected chi connectivity index (χ3v) is 3.85. The predicted octanol–water partition coefficient (Wildman–Crippen LogP) is 5.65. The summed E-state index contributed by atoms with van der Waals surface area (Å²) < 4.78 is 6.39. The van der Waals surface area contributed by atoms with E-state index >= 15 is 0 Å². The number of aliphatic carboxylic acids is 1. The van der Waals surface area contributed by atoms with Crippen LogP contribution in [0.1, 0.15) is 5.56 Å². The van der Waals surface area contributed by atoms with Crippen LogP contribution in [0.3, 0.4) is 0 Å². The van der Waals surface area contributed by atoms with Crippen molar-refractivity contribution >= 4 is 51.2 Å². The van der Waals surface area contributed by atoms with Gasteiger partial charge in [0.15, 0.2) is 0 Å². The smallest absolute Gasteiger partial charge is 0.328 e. The van der Waals surface area contributed by atoms with E-state index in [1.54, 1.807) is 36.4 Å². The van der Waals surface area contributed by atoms with Crippen LogP contribution < -0.4 is 4.74 Å². The lowest BCUT2D eigenvalue weighted by molar-refractivity contribution is -0.131. The molecule has 2 aromatic carbocycles. The molecule has 0 aliphatic rings. The molecule has 0 aliphatic heterocycles. The maximum absolute atomic E-state index is 10.5. The Morgan fingerprint density at radius 2 is 1.90 bits per heavy atom. The number of benzene rings is 2. The zero-order valence-corrected chi connectivity index (χ0v) is 13.6. The Labute approximate surface area is 139 Å². The van der Waals surface area contributed by atoms with Gasteiger partial charge in [0.25, 0.3) is 0 Å². The fourth-order valence-corrected chi connectivity index (χ4v) is 2.30. The summed E-state index contributed by atoms with van der Waals surface area (Å²) in [4.78, 5) is 10.5. The molecular weight excluding hydrogens is 379 g/mol. The third-order valence-electron chi connectivity index (χ3n) is 2.49. The van der Waals surface area contributed by atoms with Gasteiger partial charge in [-0.3, -0.25) is 0 Å². The third kappa shape index (κ3) is 4.49. The minimum Gasteiger partial charge on any atom is -0.478 e. The Bertz CT molecular complexity index is 714. The number of carboxylic acids is 1. The van der Waals surface area contributed by atoms with Crippen molar-refractivity contribution in [3.63, 3.8) is 0 Å². The molecule has 2 aromatic rings. The van der Waals surface area contributed by atoms with Crippen molar-refractivity contribution in [1.29, 1.82) is 0 Å². The zero-order valence-electron chi connectivity index (χ0n) is 10.5. The number of halogens is 3. The molecule has 1 N–H and O–H groups in total. The fourth-order valence-electron chi connectivity index (χ4n) is 1.54. The number of ether oxygens (including phenoxy) is 1. The van der Waals surface area contributed by atoms with Gasteiger partial charge >= 0.3 is 5.97 Å². The van der Waals surface area contributed by atoms with Crippen LogP contribution in [0.5, 0.6) is 11.5 Å². The van der Waals surface area contributed by atoms with Gasteiger partial charge < -0.3 is 9.84 Å². The largest absolute Gasteiger partial charge is 0.478 e. The highest BCUT2D eigenvalue weighted by atomic mass is 79.9. The first-order valence-electron chi connectivity index (χ1n) is 5.79. The molecule has 0 amide bonds. The molecule has 0 fully saturated rings. The van der Waals surface area contributed by atoms with Gasteiger partial charge in [0, 0.05) is 12.1 Å². The summed E-state index contributed by atoms with van der Waals surface area (Å²) >= 11 is 15.2. The first kappa shape index (κ1) is 15.9. The first-order chi connectivity index (χ1) is 9.95. The summed E-state index contributed by atoms with van der Waals surface area (Å²) in [6.45, 7) is 0. The number of rotatable bonds is 4. The molecule has 0 radical (unpaired) electrons. The van der Waals surface area contributed by atoms with E-state index in [-0.39, 0.29) is 0 Å². The van der Waals surface area contributed by atoms with E-state index in [9.17, 15) is 4.79 Å². The minimum atomic E-state index is -0.998. The molecule has 0 saturated heterocycles. The van der Waals surface area contributed by atoms with Crippen LogP contribution >= 0.6 is 39.1 Å². The normalized spacial score (nSPS) is 10.8. The average Bonchev–Trinajstić information content (AvgIpc) is 2.43. The minimum absolute atomic E-state index is 0.409. The van der Waals surface area contributed by atoms with Gasteiger partial charge in [-0.15, -0.1) is 0 Å². The first-order valence-corrected chi connectivity index (χ1v) is 7.34. The maximum atomic E-state index is 10.5. The summed E-state index contributed by atoms with van der Waals surface area (Å²) in [7, 11) is 0. The van der Waals surface area contributed by atoms with Crippen molar-refractivity contribution in [3.8, 4) is 11.5 Å². The van der Waals surface area contributed by atoms with Crippen LogP contribution in [0.4, 0.5) is 0 Å².